The number of aromatic nitrogens is 1. The van der Waals surface area contributed by atoms with Crippen LogP contribution < -0.4 is 10.7 Å². The average molecular weight is 559 g/mol. The minimum absolute atomic E-state index is 0.166. The van der Waals surface area contributed by atoms with Crippen LogP contribution in [0.4, 0.5) is 10.8 Å². The van der Waals surface area contributed by atoms with Gasteiger partial charge in [-0.15, -0.1) is 16.3 Å². The lowest BCUT2D eigenvalue weighted by atomic mass is 9.96. The molecule has 6 rings (SSSR count). The molecule has 11 heteroatoms. The third-order valence-corrected chi connectivity index (χ3v) is 8.94. The van der Waals surface area contributed by atoms with Crippen molar-refractivity contribution in [1.29, 1.82) is 5.26 Å². The Bertz CT molecular complexity index is 1450. The second-order valence-corrected chi connectivity index (χ2v) is 11.5. The van der Waals surface area contributed by atoms with E-state index in [1.54, 1.807) is 46.7 Å². The van der Waals surface area contributed by atoms with Crippen molar-refractivity contribution in [3.63, 3.8) is 0 Å². The highest BCUT2D eigenvalue weighted by Gasteiger charge is 2.37. The summed E-state index contributed by atoms with van der Waals surface area (Å²) in [4.78, 5) is 35.5. The van der Waals surface area contributed by atoms with Crippen LogP contribution in [0.3, 0.4) is 0 Å². The molecule has 0 spiro atoms. The molecule has 2 aliphatic heterocycles. The number of fused-ring (bicyclic) bond motifs is 1. The van der Waals surface area contributed by atoms with Crippen molar-refractivity contribution in [2.24, 2.45) is 0 Å². The van der Waals surface area contributed by atoms with Gasteiger partial charge in [-0.05, 0) is 68.0 Å². The van der Waals surface area contributed by atoms with Crippen molar-refractivity contribution in [2.45, 2.75) is 44.2 Å². The molecule has 2 saturated heterocycles. The van der Waals surface area contributed by atoms with Crippen molar-refractivity contribution in [3.05, 3.63) is 80.7 Å². The highest BCUT2D eigenvalue weighted by atomic mass is 32.1. The lowest BCUT2D eigenvalue weighted by Gasteiger charge is -2.36. The number of ether oxygens (including phenoxy) is 1. The van der Waals surface area contributed by atoms with Crippen LogP contribution in [0.25, 0.3) is 0 Å². The summed E-state index contributed by atoms with van der Waals surface area (Å²) in [6, 6.07) is 16.7. The number of carbonyl (C=O) groups excluding carboxylic acids is 1. The Morgan fingerprint density at radius 3 is 2.83 bits per heavy atom. The van der Waals surface area contributed by atoms with E-state index in [0.29, 0.717) is 34.5 Å². The van der Waals surface area contributed by atoms with Crippen LogP contribution in [0.2, 0.25) is 0 Å². The normalized spacial score (nSPS) is 20.9. The molecule has 2 N–H and O–H groups in total. The second-order valence-electron chi connectivity index (χ2n) is 10.4. The summed E-state index contributed by atoms with van der Waals surface area (Å²) >= 11 is 1.58. The third-order valence-electron chi connectivity index (χ3n) is 7.90. The van der Waals surface area contributed by atoms with Gasteiger partial charge in [-0.25, -0.2) is 4.98 Å². The van der Waals surface area contributed by atoms with E-state index in [1.807, 2.05) is 18.2 Å². The van der Waals surface area contributed by atoms with Crippen LogP contribution >= 0.6 is 11.3 Å². The van der Waals surface area contributed by atoms with Gasteiger partial charge in [0.1, 0.15) is 11.7 Å². The van der Waals surface area contributed by atoms with Crippen molar-refractivity contribution in [2.75, 3.05) is 43.6 Å². The minimum Gasteiger partial charge on any atom is -0.379 e. The lowest BCUT2D eigenvalue weighted by molar-refractivity contribution is -0.689. The number of morpholine rings is 1. The fourth-order valence-electron chi connectivity index (χ4n) is 5.86. The second kappa shape index (κ2) is 11.7. The van der Waals surface area contributed by atoms with Crippen molar-refractivity contribution in [3.8, 4) is 6.07 Å². The Labute approximate surface area is 237 Å². The summed E-state index contributed by atoms with van der Waals surface area (Å²) in [6.07, 6.45) is 4.64. The maximum absolute atomic E-state index is 13.2. The number of amides is 1. The molecule has 40 heavy (non-hydrogen) atoms. The number of benzene rings is 2. The number of thiazole rings is 1. The van der Waals surface area contributed by atoms with E-state index >= 15 is 0 Å². The van der Waals surface area contributed by atoms with Crippen LogP contribution in [-0.2, 0) is 17.6 Å². The summed E-state index contributed by atoms with van der Waals surface area (Å²) in [5, 5.41) is 14.5. The molecule has 0 bridgehead atoms. The van der Waals surface area contributed by atoms with Crippen molar-refractivity contribution < 1.29 is 14.5 Å². The van der Waals surface area contributed by atoms with Gasteiger partial charge < -0.3 is 4.74 Å². The maximum Gasteiger partial charge on any atom is 0.257 e. The van der Waals surface area contributed by atoms with Crippen LogP contribution in [0.5, 0.6) is 0 Å². The fourth-order valence-corrected chi connectivity index (χ4v) is 6.94. The van der Waals surface area contributed by atoms with Gasteiger partial charge >= 0.3 is 0 Å². The van der Waals surface area contributed by atoms with E-state index in [0.717, 1.165) is 74.6 Å². The standard InChI is InChI=1S/C29H31N7O3S/c30-19-20-4-1-7-23(16-20)33-36(38)35-11-3-8-26(35)21-5-2-6-22(17-21)28(37)32-29-31-25-10-9-24(18-27(25)40-29)34-12-14-39-15-13-34/h1-2,4-7,16-17,24,26H,3,8-15,18H2,(H-,31,32,33,37,38)/p+1. The summed E-state index contributed by atoms with van der Waals surface area (Å²) in [5.74, 6) is -0.201. The zero-order valence-electron chi connectivity index (χ0n) is 22.2. The highest BCUT2D eigenvalue weighted by molar-refractivity contribution is 7.15. The first kappa shape index (κ1) is 26.4. The molecule has 3 aromatic rings. The number of nitroso groups, excluding NO2 is 1. The van der Waals surface area contributed by atoms with Gasteiger partial charge in [0, 0.05) is 29.6 Å². The number of hydrogen-bond acceptors (Lipinski definition) is 7. The fraction of sp³-hybridized carbons (Fsp3) is 0.414. The molecular formula is C29H32N7O3S+. The highest BCUT2D eigenvalue weighted by Crippen LogP contribution is 2.34. The molecule has 2 unspecified atom stereocenters. The number of rotatable bonds is 7. The van der Waals surface area contributed by atoms with Crippen molar-refractivity contribution >= 4 is 28.1 Å². The number of anilines is 2. The SMILES string of the molecule is N#Cc1cccc(N[N+](=O)N2CCCC2c2cccc(C(=O)Nc3nc4c(s3)CC(N3CCOCC3)CC4)c2)c1. The van der Waals surface area contributed by atoms with Gasteiger partial charge in [-0.1, -0.05) is 23.6 Å². The molecular weight excluding hydrogens is 526 g/mol. The molecule has 3 aliphatic rings. The molecule has 0 saturated carbocycles. The van der Waals surface area contributed by atoms with E-state index in [1.165, 1.54) is 4.88 Å². The van der Waals surface area contributed by atoms with Gasteiger partial charge in [-0.2, -0.15) is 5.26 Å². The monoisotopic (exact) mass is 558 g/mol. The van der Waals surface area contributed by atoms with E-state index in [9.17, 15) is 9.70 Å². The first-order valence-corrected chi connectivity index (χ1v) is 14.6. The molecule has 10 nitrogen and oxygen atoms in total. The van der Waals surface area contributed by atoms with Gasteiger partial charge in [0.05, 0.1) is 42.0 Å². The number of carbonyl (C=O) groups is 1. The molecule has 0 radical (unpaired) electrons. The molecule has 1 amide bonds. The Hall–Kier alpha value is -3.85. The van der Waals surface area contributed by atoms with E-state index < -0.39 is 0 Å². The van der Waals surface area contributed by atoms with Gasteiger partial charge in [0.25, 0.3) is 10.9 Å². The Kier molecular flexibility index (Phi) is 7.73. The number of nitriles is 1. The predicted octanol–water partition coefficient (Wildman–Crippen LogP) is 4.31. The maximum atomic E-state index is 13.2. The Morgan fingerprint density at radius 2 is 1.98 bits per heavy atom. The van der Waals surface area contributed by atoms with Crippen LogP contribution in [0.1, 0.15) is 57.4 Å². The molecule has 2 aromatic carbocycles. The Morgan fingerprint density at radius 1 is 1.12 bits per heavy atom. The molecule has 206 valence electrons. The smallest absolute Gasteiger partial charge is 0.257 e. The van der Waals surface area contributed by atoms with Gasteiger partial charge in [0.15, 0.2) is 5.13 Å². The largest absolute Gasteiger partial charge is 0.379 e. The average Bonchev–Trinajstić information content (AvgIpc) is 3.64. The van der Waals surface area contributed by atoms with Crippen molar-refractivity contribution in [1.82, 2.24) is 14.9 Å². The molecule has 2 atom stereocenters. The number of nitrogens with one attached hydrogen (secondary N) is 2. The van der Waals surface area contributed by atoms with Crippen LogP contribution in [0.15, 0.2) is 48.5 Å². The summed E-state index contributed by atoms with van der Waals surface area (Å²) in [5.41, 5.74) is 6.41. The number of aryl methyl sites for hydroxylation is 1. The van der Waals surface area contributed by atoms with Gasteiger partial charge in [0.2, 0.25) is 0 Å². The third kappa shape index (κ3) is 5.70. The van der Waals surface area contributed by atoms with Gasteiger partial charge in [-0.3, -0.25) is 15.0 Å². The van der Waals surface area contributed by atoms with E-state index in [2.05, 4.69) is 21.7 Å². The van der Waals surface area contributed by atoms with E-state index in [-0.39, 0.29) is 11.9 Å². The zero-order valence-corrected chi connectivity index (χ0v) is 23.0. The predicted molar refractivity (Wildman–Crippen MR) is 152 cm³/mol. The van der Waals surface area contributed by atoms with E-state index in [4.69, 9.17) is 15.0 Å². The number of hydrogen-bond donors (Lipinski definition) is 2. The number of hydrazine groups is 2. The quantitative estimate of drug-likeness (QED) is 0.326. The zero-order chi connectivity index (χ0) is 27.5. The lowest BCUT2D eigenvalue weighted by Crippen LogP contribution is -2.45. The first-order valence-electron chi connectivity index (χ1n) is 13.8. The molecule has 1 aromatic heterocycles. The Balaban J connectivity index is 1.11. The molecule has 1 aliphatic carbocycles. The summed E-state index contributed by atoms with van der Waals surface area (Å²) < 4.78 is 5.51. The topological polar surface area (TPSA) is 114 Å². The summed E-state index contributed by atoms with van der Waals surface area (Å²) in [7, 11) is 0. The minimum atomic E-state index is -0.201. The van der Waals surface area contributed by atoms with Crippen LogP contribution in [0, 0.1) is 16.2 Å². The summed E-state index contributed by atoms with van der Waals surface area (Å²) in [6.45, 7) is 4.14. The first-order chi connectivity index (χ1) is 19.6. The molecule has 2 fully saturated rings. The van der Waals surface area contributed by atoms with Crippen LogP contribution in [-0.4, -0.2) is 64.7 Å². The molecule has 3 heterocycles. The number of nitrogens with zero attached hydrogens (tertiary/aromatic N) is 5.